The van der Waals surface area contributed by atoms with Crippen LogP contribution in [0.1, 0.15) is 24.1 Å². The predicted molar refractivity (Wildman–Crippen MR) is 85.6 cm³/mol. The number of hydrogen-bond acceptors (Lipinski definition) is 4. The Labute approximate surface area is 131 Å². The molecule has 2 rings (SSSR count). The molecule has 0 bridgehead atoms. The van der Waals surface area contributed by atoms with Gasteiger partial charge in [0.1, 0.15) is 11.8 Å². The molecule has 116 valence electrons. The van der Waals surface area contributed by atoms with E-state index in [9.17, 15) is 4.79 Å². The number of methoxy groups -OCH3 is 1. The fourth-order valence-corrected chi connectivity index (χ4v) is 2.27. The maximum Gasteiger partial charge on any atom is 0.327 e. The highest BCUT2D eigenvalue weighted by atomic mass is 16.5. The van der Waals surface area contributed by atoms with Crippen molar-refractivity contribution in [3.63, 3.8) is 0 Å². The molecule has 0 saturated heterocycles. The molecule has 1 N–H and O–H groups in total. The summed E-state index contributed by atoms with van der Waals surface area (Å²) in [6, 6.07) is 16.8. The lowest BCUT2D eigenvalue weighted by molar-refractivity contribution is -0.145. The summed E-state index contributed by atoms with van der Waals surface area (Å²) in [5, 5.41) is 3.26. The summed E-state index contributed by atoms with van der Waals surface area (Å²) in [4.78, 5) is 12.2. The van der Waals surface area contributed by atoms with E-state index in [-0.39, 0.29) is 5.97 Å². The highest BCUT2D eigenvalue weighted by Gasteiger charge is 2.21. The summed E-state index contributed by atoms with van der Waals surface area (Å²) in [7, 11) is 1.64. The summed E-state index contributed by atoms with van der Waals surface area (Å²) in [5.41, 5.74) is 1.88. The molecule has 0 aliphatic carbocycles. The molecule has 1 atom stereocenters. The van der Waals surface area contributed by atoms with Crippen molar-refractivity contribution in [3.05, 3.63) is 65.7 Å². The molecule has 0 aliphatic heterocycles. The zero-order chi connectivity index (χ0) is 15.8. The zero-order valence-corrected chi connectivity index (χ0v) is 12.9. The van der Waals surface area contributed by atoms with Crippen LogP contribution in [-0.2, 0) is 16.1 Å². The first-order valence-corrected chi connectivity index (χ1v) is 7.33. The Morgan fingerprint density at radius 1 is 1.09 bits per heavy atom. The molecule has 0 fully saturated rings. The largest absolute Gasteiger partial charge is 0.496 e. The summed E-state index contributed by atoms with van der Waals surface area (Å²) >= 11 is 0. The molecule has 0 spiro atoms. The van der Waals surface area contributed by atoms with E-state index in [0.717, 1.165) is 16.9 Å². The second kappa shape index (κ2) is 8.20. The van der Waals surface area contributed by atoms with Crippen LogP contribution in [0.4, 0.5) is 0 Å². The summed E-state index contributed by atoms with van der Waals surface area (Å²) in [5.74, 6) is 0.522. The Balaban J connectivity index is 2.15. The summed E-state index contributed by atoms with van der Waals surface area (Å²) in [6.45, 7) is 2.68. The van der Waals surface area contributed by atoms with E-state index < -0.39 is 6.04 Å². The van der Waals surface area contributed by atoms with Crippen LogP contribution < -0.4 is 10.1 Å². The number of ether oxygens (including phenoxy) is 2. The van der Waals surface area contributed by atoms with Crippen LogP contribution in [0.3, 0.4) is 0 Å². The van der Waals surface area contributed by atoms with Gasteiger partial charge in [0.05, 0.1) is 13.7 Å². The van der Waals surface area contributed by atoms with Crippen molar-refractivity contribution in [2.75, 3.05) is 13.7 Å². The van der Waals surface area contributed by atoms with Crippen LogP contribution in [0.5, 0.6) is 5.75 Å². The van der Waals surface area contributed by atoms with Gasteiger partial charge in [-0.3, -0.25) is 5.32 Å². The third-order valence-corrected chi connectivity index (χ3v) is 3.34. The van der Waals surface area contributed by atoms with Crippen molar-refractivity contribution < 1.29 is 14.3 Å². The summed E-state index contributed by atoms with van der Waals surface area (Å²) in [6.07, 6.45) is 0. The van der Waals surface area contributed by atoms with E-state index in [1.165, 1.54) is 0 Å². The highest BCUT2D eigenvalue weighted by molar-refractivity contribution is 5.77. The Bertz CT molecular complexity index is 598. The van der Waals surface area contributed by atoms with E-state index in [0.29, 0.717) is 13.2 Å². The van der Waals surface area contributed by atoms with Crippen LogP contribution in [-0.4, -0.2) is 19.7 Å². The van der Waals surface area contributed by atoms with Gasteiger partial charge < -0.3 is 9.47 Å². The quantitative estimate of drug-likeness (QED) is 0.798. The molecule has 2 aromatic rings. The highest BCUT2D eigenvalue weighted by Crippen LogP contribution is 2.20. The lowest BCUT2D eigenvalue weighted by Crippen LogP contribution is -2.30. The Morgan fingerprint density at radius 3 is 2.45 bits per heavy atom. The van der Waals surface area contributed by atoms with Gasteiger partial charge in [-0.05, 0) is 18.6 Å². The first kappa shape index (κ1) is 16.0. The van der Waals surface area contributed by atoms with Crippen LogP contribution in [0.15, 0.2) is 54.6 Å². The van der Waals surface area contributed by atoms with E-state index in [4.69, 9.17) is 9.47 Å². The molecule has 0 radical (unpaired) electrons. The molecular formula is C18H21NO3. The SMILES string of the molecule is CCOC(=O)C(NCc1ccccc1OC)c1ccccc1. The predicted octanol–water partition coefficient (Wildman–Crippen LogP) is 3.09. The number of carbonyl (C=O) groups excluding carboxylic acids is 1. The molecular weight excluding hydrogens is 278 g/mol. The molecule has 22 heavy (non-hydrogen) atoms. The average molecular weight is 299 g/mol. The minimum atomic E-state index is -0.494. The molecule has 0 amide bonds. The van der Waals surface area contributed by atoms with Crippen molar-refractivity contribution in [1.82, 2.24) is 5.32 Å². The van der Waals surface area contributed by atoms with Gasteiger partial charge in [0.15, 0.2) is 0 Å². The Kier molecular flexibility index (Phi) is 5.98. The first-order chi connectivity index (χ1) is 10.8. The number of nitrogens with one attached hydrogen (secondary N) is 1. The van der Waals surface area contributed by atoms with E-state index in [1.807, 2.05) is 54.6 Å². The Morgan fingerprint density at radius 2 is 1.77 bits per heavy atom. The number of para-hydroxylation sites is 1. The van der Waals surface area contributed by atoms with Crippen LogP contribution in [0, 0.1) is 0 Å². The second-order valence-corrected chi connectivity index (χ2v) is 4.79. The van der Waals surface area contributed by atoms with Crippen molar-refractivity contribution >= 4 is 5.97 Å². The molecule has 0 saturated carbocycles. The Hall–Kier alpha value is -2.33. The fourth-order valence-electron chi connectivity index (χ4n) is 2.27. The van der Waals surface area contributed by atoms with E-state index >= 15 is 0 Å². The van der Waals surface area contributed by atoms with Gasteiger partial charge in [0, 0.05) is 12.1 Å². The molecule has 4 heteroatoms. The normalized spacial score (nSPS) is 11.7. The third-order valence-electron chi connectivity index (χ3n) is 3.34. The number of esters is 1. The average Bonchev–Trinajstić information content (AvgIpc) is 2.56. The number of rotatable bonds is 7. The van der Waals surface area contributed by atoms with Gasteiger partial charge in [0.2, 0.25) is 0 Å². The van der Waals surface area contributed by atoms with Gasteiger partial charge in [-0.1, -0.05) is 48.5 Å². The maximum absolute atomic E-state index is 12.2. The van der Waals surface area contributed by atoms with Gasteiger partial charge in [-0.25, -0.2) is 4.79 Å². The maximum atomic E-state index is 12.2. The molecule has 1 unspecified atom stereocenters. The molecule has 0 heterocycles. The van der Waals surface area contributed by atoms with Crippen molar-refractivity contribution in [1.29, 1.82) is 0 Å². The monoisotopic (exact) mass is 299 g/mol. The van der Waals surface area contributed by atoms with Crippen LogP contribution in [0.25, 0.3) is 0 Å². The topological polar surface area (TPSA) is 47.6 Å². The summed E-state index contributed by atoms with van der Waals surface area (Å²) < 4.78 is 10.5. The van der Waals surface area contributed by atoms with E-state index in [1.54, 1.807) is 14.0 Å². The fraction of sp³-hybridized carbons (Fsp3) is 0.278. The standard InChI is InChI=1S/C18H21NO3/c1-3-22-18(20)17(14-9-5-4-6-10-14)19-13-15-11-7-8-12-16(15)21-2/h4-12,17,19H,3,13H2,1-2H3. The molecule has 2 aromatic carbocycles. The van der Waals surface area contributed by atoms with Crippen molar-refractivity contribution in [3.8, 4) is 5.75 Å². The third kappa shape index (κ3) is 4.09. The van der Waals surface area contributed by atoms with Crippen LogP contribution >= 0.6 is 0 Å². The first-order valence-electron chi connectivity index (χ1n) is 7.33. The second-order valence-electron chi connectivity index (χ2n) is 4.79. The molecule has 0 aliphatic rings. The van der Waals surface area contributed by atoms with Crippen molar-refractivity contribution in [2.45, 2.75) is 19.5 Å². The number of benzene rings is 2. The molecule has 0 aromatic heterocycles. The number of carbonyl (C=O) groups is 1. The van der Waals surface area contributed by atoms with Gasteiger partial charge in [-0.15, -0.1) is 0 Å². The van der Waals surface area contributed by atoms with Gasteiger partial charge >= 0.3 is 5.97 Å². The smallest absolute Gasteiger partial charge is 0.327 e. The lowest BCUT2D eigenvalue weighted by Gasteiger charge is -2.18. The van der Waals surface area contributed by atoms with Gasteiger partial charge in [0.25, 0.3) is 0 Å². The van der Waals surface area contributed by atoms with Gasteiger partial charge in [-0.2, -0.15) is 0 Å². The minimum absolute atomic E-state index is 0.274. The molecule has 4 nitrogen and oxygen atoms in total. The van der Waals surface area contributed by atoms with Crippen LogP contribution in [0.2, 0.25) is 0 Å². The zero-order valence-electron chi connectivity index (χ0n) is 12.9. The minimum Gasteiger partial charge on any atom is -0.496 e. The van der Waals surface area contributed by atoms with Crippen molar-refractivity contribution in [2.24, 2.45) is 0 Å². The number of hydrogen-bond donors (Lipinski definition) is 1. The lowest BCUT2D eigenvalue weighted by atomic mass is 10.1. The van der Waals surface area contributed by atoms with E-state index in [2.05, 4.69) is 5.32 Å².